The molecule has 2 unspecified atom stereocenters. The van der Waals surface area contributed by atoms with E-state index < -0.39 is 18.0 Å². The summed E-state index contributed by atoms with van der Waals surface area (Å²) in [6, 6.07) is 11.8. The number of hydrogen-bond donors (Lipinski definition) is 3. The van der Waals surface area contributed by atoms with Gasteiger partial charge in [-0.25, -0.2) is 14.2 Å². The number of β-amino-alcohol motifs (C(OH)–C–C–N with tert-alkyl or cyclic N) is 1. The van der Waals surface area contributed by atoms with Crippen LogP contribution in [-0.2, 0) is 24.3 Å². The van der Waals surface area contributed by atoms with Gasteiger partial charge in [-0.1, -0.05) is 41.4 Å². The van der Waals surface area contributed by atoms with Crippen LogP contribution in [0.4, 0.5) is 9.18 Å². The van der Waals surface area contributed by atoms with Gasteiger partial charge in [-0.3, -0.25) is 14.7 Å². The fourth-order valence-corrected chi connectivity index (χ4v) is 7.42. The molecule has 4 heterocycles. The van der Waals surface area contributed by atoms with Gasteiger partial charge in [0, 0.05) is 78.7 Å². The summed E-state index contributed by atoms with van der Waals surface area (Å²) in [4.78, 5) is 36.1. The van der Waals surface area contributed by atoms with Gasteiger partial charge in [0.15, 0.2) is 0 Å². The Hall–Kier alpha value is -4.49. The average Bonchev–Trinajstić information content (AvgIpc) is 3.52. The van der Waals surface area contributed by atoms with Gasteiger partial charge in [0.05, 0.1) is 53.9 Å². The lowest BCUT2D eigenvalue weighted by Gasteiger charge is -2.31. The molecule has 1 fully saturated rings. The second kappa shape index (κ2) is 15.4. The molecule has 0 spiro atoms. The minimum absolute atomic E-state index is 0.00518. The number of pyridine rings is 2. The molecule has 3 N–H and O–H groups in total. The van der Waals surface area contributed by atoms with Crippen molar-refractivity contribution >= 4 is 35.2 Å². The fourth-order valence-electron chi connectivity index (χ4n) is 6.78. The first-order valence-electron chi connectivity index (χ1n) is 16.5. The second-order valence-electron chi connectivity index (χ2n) is 12.8. The Morgan fingerprint density at radius 2 is 1.88 bits per heavy atom. The van der Waals surface area contributed by atoms with E-state index in [1.54, 1.807) is 44.5 Å². The lowest BCUT2D eigenvalue weighted by atomic mass is 9.93. The van der Waals surface area contributed by atoms with Gasteiger partial charge in [0.25, 0.3) is 0 Å². The van der Waals surface area contributed by atoms with Crippen molar-refractivity contribution in [3.8, 4) is 45.3 Å². The molecule has 2 aromatic carbocycles. The van der Waals surface area contributed by atoms with Crippen LogP contribution >= 0.6 is 23.2 Å². The number of halogens is 3. The van der Waals surface area contributed by atoms with E-state index in [2.05, 4.69) is 26.3 Å². The van der Waals surface area contributed by atoms with Gasteiger partial charge < -0.3 is 29.9 Å². The molecule has 6 rings (SSSR count). The summed E-state index contributed by atoms with van der Waals surface area (Å²) in [6.45, 7) is 3.47. The monoisotopic (exact) mass is 737 g/mol. The van der Waals surface area contributed by atoms with Gasteiger partial charge in [0.2, 0.25) is 11.8 Å². The fraction of sp³-hybridized carbons (Fsp3) is 0.351. The number of benzene rings is 2. The summed E-state index contributed by atoms with van der Waals surface area (Å²) in [5.74, 6) is -0.250. The Balaban J connectivity index is 1.32. The quantitative estimate of drug-likeness (QED) is 0.159. The molecule has 1 saturated heterocycles. The van der Waals surface area contributed by atoms with Crippen LogP contribution in [0.3, 0.4) is 0 Å². The molecule has 2 atom stereocenters. The third kappa shape index (κ3) is 7.74. The molecule has 2 aliphatic heterocycles. The minimum atomic E-state index is -1.26. The molecule has 4 aromatic rings. The van der Waals surface area contributed by atoms with Crippen LogP contribution in [0, 0.1) is 5.82 Å². The minimum Gasteiger partial charge on any atom is -0.496 e. The SMILES string of the molecule is COc1cc(-c2nccc(-c3cccc(-c4cc(F)c(CN(CC5CCC(=O)N5)C(=O)O)c(OC)n4)c3Cl)c2Cl)cc2c1CN(CC(C)O)CC2. The summed E-state index contributed by atoms with van der Waals surface area (Å²) in [5.41, 5.74) is 5.23. The van der Waals surface area contributed by atoms with Gasteiger partial charge in [-0.05, 0) is 43.5 Å². The van der Waals surface area contributed by atoms with E-state index >= 15 is 4.39 Å². The van der Waals surface area contributed by atoms with Crippen molar-refractivity contribution in [2.75, 3.05) is 33.9 Å². The smallest absolute Gasteiger partial charge is 0.407 e. The van der Waals surface area contributed by atoms with Crippen LogP contribution in [0.15, 0.2) is 48.7 Å². The maximum Gasteiger partial charge on any atom is 0.407 e. The second-order valence-corrected chi connectivity index (χ2v) is 13.5. The lowest BCUT2D eigenvalue weighted by Crippen LogP contribution is -2.41. The predicted molar refractivity (Wildman–Crippen MR) is 192 cm³/mol. The lowest BCUT2D eigenvalue weighted by molar-refractivity contribution is -0.119. The van der Waals surface area contributed by atoms with Crippen molar-refractivity contribution in [1.82, 2.24) is 25.1 Å². The molecule has 0 bridgehead atoms. The van der Waals surface area contributed by atoms with Gasteiger partial charge in [-0.15, -0.1) is 0 Å². The van der Waals surface area contributed by atoms with E-state index in [1.165, 1.54) is 13.2 Å². The third-order valence-corrected chi connectivity index (χ3v) is 10.0. The molecule has 0 aliphatic carbocycles. The molecule has 14 heteroatoms. The molecular formula is C37H38Cl2FN5O6. The molecule has 2 aliphatic rings. The standard InChI is InChI=1S/C37H38Cl2FN5O6/c1-20(46)16-44-12-10-21-13-22(14-31(50-2)27(21)18-44)35-34(39)25(9-11-41-35)24-5-4-6-26(33(24)38)30-15-29(40)28(36(43-30)51-3)19-45(37(48)49)17-23-7-8-32(47)42-23/h4-6,9,11,13-15,20,23,46H,7-8,10,12,16-19H2,1-3H3,(H,42,47)(H,48,49). The normalized spacial score (nSPS) is 16.4. The predicted octanol–water partition coefficient (Wildman–Crippen LogP) is 6.44. The van der Waals surface area contributed by atoms with Gasteiger partial charge in [0.1, 0.15) is 11.6 Å². The first-order valence-corrected chi connectivity index (χ1v) is 17.3. The van der Waals surface area contributed by atoms with E-state index in [0.717, 1.165) is 34.6 Å². The summed E-state index contributed by atoms with van der Waals surface area (Å²) in [5, 5.41) is 23.1. The molecule has 0 radical (unpaired) electrons. The number of hydrogen-bond acceptors (Lipinski definition) is 8. The highest BCUT2D eigenvalue weighted by Gasteiger charge is 2.28. The van der Waals surface area contributed by atoms with E-state index in [4.69, 9.17) is 32.7 Å². The average molecular weight is 739 g/mol. The van der Waals surface area contributed by atoms with Crippen LogP contribution in [-0.4, -0.2) is 88.0 Å². The highest BCUT2D eigenvalue weighted by Crippen LogP contribution is 2.43. The first-order chi connectivity index (χ1) is 24.5. The summed E-state index contributed by atoms with van der Waals surface area (Å²) < 4.78 is 27.0. The number of carbonyl (C=O) groups excluding carboxylic acids is 1. The molecule has 0 saturated carbocycles. The Kier molecular flexibility index (Phi) is 11.0. The van der Waals surface area contributed by atoms with Crippen molar-refractivity contribution in [3.05, 3.63) is 81.2 Å². The van der Waals surface area contributed by atoms with Gasteiger partial charge >= 0.3 is 6.09 Å². The number of amides is 2. The van der Waals surface area contributed by atoms with E-state index in [9.17, 15) is 19.8 Å². The van der Waals surface area contributed by atoms with Crippen molar-refractivity contribution in [2.24, 2.45) is 0 Å². The van der Waals surface area contributed by atoms with Crippen LogP contribution in [0.25, 0.3) is 33.6 Å². The zero-order valence-electron chi connectivity index (χ0n) is 28.4. The molecule has 2 aromatic heterocycles. The van der Waals surface area contributed by atoms with Crippen molar-refractivity contribution in [2.45, 2.75) is 51.4 Å². The topological polar surface area (TPSA) is 137 Å². The highest BCUT2D eigenvalue weighted by molar-refractivity contribution is 6.39. The van der Waals surface area contributed by atoms with E-state index in [-0.39, 0.29) is 47.2 Å². The Labute approximate surface area is 304 Å². The molecule has 2 amide bonds. The zero-order chi connectivity index (χ0) is 36.4. The maximum absolute atomic E-state index is 15.8. The molecule has 51 heavy (non-hydrogen) atoms. The number of carboxylic acid groups (broad SMARTS) is 1. The number of ether oxygens (including phenoxy) is 2. The van der Waals surface area contributed by atoms with Crippen LogP contribution in [0.1, 0.15) is 36.5 Å². The van der Waals surface area contributed by atoms with E-state index in [0.29, 0.717) is 59.1 Å². The van der Waals surface area contributed by atoms with Crippen LogP contribution in [0.2, 0.25) is 10.0 Å². The van der Waals surface area contributed by atoms with Gasteiger partial charge in [-0.2, -0.15) is 0 Å². The zero-order valence-corrected chi connectivity index (χ0v) is 29.9. The third-order valence-electron chi connectivity index (χ3n) is 9.22. The molecule has 11 nitrogen and oxygen atoms in total. The summed E-state index contributed by atoms with van der Waals surface area (Å²) in [7, 11) is 2.95. The number of aliphatic hydroxyl groups excluding tert-OH is 1. The van der Waals surface area contributed by atoms with Crippen molar-refractivity contribution in [3.63, 3.8) is 0 Å². The Morgan fingerprint density at radius 1 is 1.12 bits per heavy atom. The van der Waals surface area contributed by atoms with Crippen molar-refractivity contribution < 1.29 is 33.7 Å². The number of fused-ring (bicyclic) bond motifs is 1. The molecular weight excluding hydrogens is 700 g/mol. The van der Waals surface area contributed by atoms with Crippen molar-refractivity contribution in [1.29, 1.82) is 0 Å². The number of aromatic nitrogens is 2. The summed E-state index contributed by atoms with van der Waals surface area (Å²) >= 11 is 14.1. The maximum atomic E-state index is 15.8. The number of nitrogens with one attached hydrogen (secondary N) is 1. The largest absolute Gasteiger partial charge is 0.496 e. The van der Waals surface area contributed by atoms with Crippen LogP contribution in [0.5, 0.6) is 11.6 Å². The summed E-state index contributed by atoms with van der Waals surface area (Å²) in [6.07, 6.45) is 1.53. The Bertz CT molecular complexity index is 1960. The Morgan fingerprint density at radius 3 is 2.57 bits per heavy atom. The highest BCUT2D eigenvalue weighted by atomic mass is 35.5. The number of methoxy groups -OCH3 is 2. The number of carbonyl (C=O) groups is 2. The number of rotatable bonds is 11. The number of nitrogens with zero attached hydrogens (tertiary/aromatic N) is 4. The van der Waals surface area contributed by atoms with Crippen LogP contribution < -0.4 is 14.8 Å². The van der Waals surface area contributed by atoms with E-state index in [1.807, 2.05) is 6.07 Å². The molecule has 268 valence electrons. The number of aliphatic hydroxyl groups is 1. The first kappa shape index (κ1) is 36.3.